The van der Waals surface area contributed by atoms with Crippen LogP contribution in [0.5, 0.6) is 0 Å². The number of nitrogens with one attached hydrogen (secondary N) is 1. The zero-order valence-corrected chi connectivity index (χ0v) is 18.0. The Labute approximate surface area is 180 Å². The summed E-state index contributed by atoms with van der Waals surface area (Å²) in [6.07, 6.45) is 2.94. The molecule has 0 spiro atoms. The van der Waals surface area contributed by atoms with Gasteiger partial charge < -0.3 is 20.9 Å². The second-order valence-corrected chi connectivity index (χ2v) is 8.37. The Morgan fingerprint density at radius 2 is 2.03 bits per heavy atom. The summed E-state index contributed by atoms with van der Waals surface area (Å²) in [5.74, 6) is -0.0157. The molecule has 8 heteroatoms. The summed E-state index contributed by atoms with van der Waals surface area (Å²) in [7, 11) is 0. The molecule has 0 unspecified atom stereocenters. The number of hydrogen-bond acceptors (Lipinski definition) is 7. The minimum absolute atomic E-state index is 0.157. The number of aliphatic hydroxyl groups is 1. The molecule has 4 rings (SSSR count). The Kier molecular flexibility index (Phi) is 6.13. The molecule has 0 radical (unpaired) electrons. The van der Waals surface area contributed by atoms with E-state index < -0.39 is 11.9 Å². The van der Waals surface area contributed by atoms with Crippen molar-refractivity contribution in [3.8, 4) is 11.3 Å². The third kappa shape index (κ3) is 4.37. The minimum Gasteiger partial charge on any atom is -0.389 e. The normalized spacial score (nSPS) is 20.2. The Morgan fingerprint density at radius 1 is 1.23 bits per heavy atom. The molecule has 31 heavy (non-hydrogen) atoms. The summed E-state index contributed by atoms with van der Waals surface area (Å²) in [5.41, 5.74) is 9.93. The van der Waals surface area contributed by atoms with Crippen LogP contribution in [0.25, 0.3) is 22.2 Å². The number of hydrogen-bond donors (Lipinski definition) is 3. The van der Waals surface area contributed by atoms with Gasteiger partial charge in [0.25, 0.3) is 0 Å². The van der Waals surface area contributed by atoms with Crippen LogP contribution in [-0.4, -0.2) is 45.4 Å². The highest BCUT2D eigenvalue weighted by Gasteiger charge is 2.25. The first-order valence-electron chi connectivity index (χ1n) is 10.6. The predicted octanol–water partition coefficient (Wildman–Crippen LogP) is 3.54. The molecule has 3 heterocycles. The largest absolute Gasteiger partial charge is 0.389 e. The van der Waals surface area contributed by atoms with Gasteiger partial charge in [0.1, 0.15) is 5.69 Å². The van der Waals surface area contributed by atoms with Crippen LogP contribution >= 0.6 is 0 Å². The SMILES string of the molecule is CC(C)c1c([C@@H](C)N)cnc2ccc(-c3nc(N[C@@H]4CCOC[C@H]4O)ncc3F)cc12. The van der Waals surface area contributed by atoms with Crippen molar-refractivity contribution in [1.29, 1.82) is 0 Å². The minimum atomic E-state index is -0.664. The van der Waals surface area contributed by atoms with Crippen molar-refractivity contribution in [1.82, 2.24) is 15.0 Å². The first-order valence-corrected chi connectivity index (χ1v) is 10.6. The lowest BCUT2D eigenvalue weighted by atomic mass is 9.90. The molecule has 1 aromatic carbocycles. The van der Waals surface area contributed by atoms with Gasteiger partial charge in [-0.2, -0.15) is 0 Å². The number of rotatable bonds is 5. The topological polar surface area (TPSA) is 106 Å². The molecule has 1 fully saturated rings. The summed E-state index contributed by atoms with van der Waals surface area (Å²) in [4.78, 5) is 13.0. The van der Waals surface area contributed by atoms with Crippen LogP contribution in [0.3, 0.4) is 0 Å². The summed E-state index contributed by atoms with van der Waals surface area (Å²) >= 11 is 0. The standard InChI is InChI=1S/C23H28FN5O2/c1-12(2)21-15-8-14(4-5-18(15)26-9-16(21)13(3)25)22-17(24)10-27-23(29-22)28-19-6-7-31-11-20(19)30/h4-5,8-10,12-13,19-20,30H,6-7,11,25H2,1-3H3,(H,27,28,29)/t13-,19-,20-/m1/s1. The summed E-state index contributed by atoms with van der Waals surface area (Å²) in [6.45, 7) is 6.95. The van der Waals surface area contributed by atoms with E-state index in [1.54, 1.807) is 0 Å². The summed E-state index contributed by atoms with van der Waals surface area (Å²) < 4.78 is 20.0. The van der Waals surface area contributed by atoms with Crippen LogP contribution in [0.1, 0.15) is 50.3 Å². The molecular weight excluding hydrogens is 397 g/mol. The van der Waals surface area contributed by atoms with Crippen LogP contribution < -0.4 is 11.1 Å². The quantitative estimate of drug-likeness (QED) is 0.574. The van der Waals surface area contributed by atoms with Gasteiger partial charge in [-0.05, 0) is 42.5 Å². The number of pyridine rings is 1. The second-order valence-electron chi connectivity index (χ2n) is 8.37. The summed E-state index contributed by atoms with van der Waals surface area (Å²) in [5, 5.41) is 14.2. The molecular formula is C23H28FN5O2. The molecule has 164 valence electrons. The number of anilines is 1. The van der Waals surface area contributed by atoms with Crippen molar-refractivity contribution in [3.05, 3.63) is 47.5 Å². The molecule has 3 atom stereocenters. The smallest absolute Gasteiger partial charge is 0.223 e. The highest BCUT2D eigenvalue weighted by atomic mass is 19.1. The maximum absolute atomic E-state index is 14.7. The van der Waals surface area contributed by atoms with E-state index in [1.165, 1.54) is 0 Å². The monoisotopic (exact) mass is 425 g/mol. The number of aromatic nitrogens is 3. The molecule has 0 bridgehead atoms. The number of ether oxygens (including phenoxy) is 1. The third-order valence-electron chi connectivity index (χ3n) is 5.67. The highest BCUT2D eigenvalue weighted by molar-refractivity contribution is 5.88. The van der Waals surface area contributed by atoms with Gasteiger partial charge in [0, 0.05) is 29.8 Å². The number of nitrogens with zero attached hydrogens (tertiary/aromatic N) is 3. The first-order chi connectivity index (χ1) is 14.8. The van der Waals surface area contributed by atoms with E-state index in [0.29, 0.717) is 18.6 Å². The van der Waals surface area contributed by atoms with Gasteiger partial charge in [-0.25, -0.2) is 14.4 Å². The van der Waals surface area contributed by atoms with Gasteiger partial charge in [-0.15, -0.1) is 0 Å². The maximum Gasteiger partial charge on any atom is 0.223 e. The molecule has 1 saturated heterocycles. The third-order valence-corrected chi connectivity index (χ3v) is 5.67. The number of halogens is 1. The maximum atomic E-state index is 14.7. The van der Waals surface area contributed by atoms with E-state index in [-0.39, 0.29) is 36.3 Å². The molecule has 7 nitrogen and oxygen atoms in total. The van der Waals surface area contributed by atoms with E-state index in [0.717, 1.165) is 28.2 Å². The van der Waals surface area contributed by atoms with Gasteiger partial charge in [0.15, 0.2) is 5.82 Å². The number of nitrogens with two attached hydrogens (primary N) is 1. The Bertz CT molecular complexity index is 1090. The highest BCUT2D eigenvalue weighted by Crippen LogP contribution is 2.33. The van der Waals surface area contributed by atoms with Gasteiger partial charge >= 0.3 is 0 Å². The second kappa shape index (κ2) is 8.82. The predicted molar refractivity (Wildman–Crippen MR) is 118 cm³/mol. The first kappa shape index (κ1) is 21.5. The zero-order chi connectivity index (χ0) is 22.1. The lowest BCUT2D eigenvalue weighted by Gasteiger charge is -2.28. The molecule has 0 saturated carbocycles. The molecule has 1 aliphatic rings. The van der Waals surface area contributed by atoms with Gasteiger partial charge in [0.05, 0.1) is 30.5 Å². The van der Waals surface area contributed by atoms with Crippen molar-refractivity contribution >= 4 is 16.9 Å². The lowest BCUT2D eigenvalue weighted by Crippen LogP contribution is -2.42. The van der Waals surface area contributed by atoms with Crippen LogP contribution in [0.4, 0.5) is 10.3 Å². The molecule has 3 aromatic rings. The molecule has 2 aromatic heterocycles. The van der Waals surface area contributed by atoms with Crippen molar-refractivity contribution in [2.45, 2.75) is 51.3 Å². The number of aliphatic hydroxyl groups excluding tert-OH is 1. The van der Waals surface area contributed by atoms with E-state index in [2.05, 4.69) is 34.1 Å². The number of fused-ring (bicyclic) bond motifs is 1. The van der Waals surface area contributed by atoms with Crippen LogP contribution in [-0.2, 0) is 4.74 Å². The molecule has 1 aliphatic heterocycles. The average molecular weight is 426 g/mol. The Morgan fingerprint density at radius 3 is 2.74 bits per heavy atom. The van der Waals surface area contributed by atoms with E-state index in [1.807, 2.05) is 31.3 Å². The van der Waals surface area contributed by atoms with Crippen LogP contribution in [0.2, 0.25) is 0 Å². The Balaban J connectivity index is 1.76. The van der Waals surface area contributed by atoms with Crippen LogP contribution in [0.15, 0.2) is 30.6 Å². The fourth-order valence-electron chi connectivity index (χ4n) is 4.08. The average Bonchev–Trinajstić information content (AvgIpc) is 2.75. The van der Waals surface area contributed by atoms with Gasteiger partial charge in [0.2, 0.25) is 5.95 Å². The Hall–Kier alpha value is -2.68. The fraction of sp³-hybridized carbons (Fsp3) is 0.435. The van der Waals surface area contributed by atoms with Gasteiger partial charge in [-0.1, -0.05) is 19.9 Å². The van der Waals surface area contributed by atoms with Gasteiger partial charge in [-0.3, -0.25) is 4.98 Å². The van der Waals surface area contributed by atoms with Crippen molar-refractivity contribution < 1.29 is 14.2 Å². The molecule has 0 aliphatic carbocycles. The number of benzene rings is 1. The van der Waals surface area contributed by atoms with E-state index >= 15 is 0 Å². The van der Waals surface area contributed by atoms with E-state index in [9.17, 15) is 9.50 Å². The van der Waals surface area contributed by atoms with Crippen molar-refractivity contribution in [2.24, 2.45) is 5.73 Å². The molecule has 4 N–H and O–H groups in total. The lowest BCUT2D eigenvalue weighted by molar-refractivity contribution is -0.0136. The van der Waals surface area contributed by atoms with Crippen molar-refractivity contribution in [3.63, 3.8) is 0 Å². The van der Waals surface area contributed by atoms with E-state index in [4.69, 9.17) is 10.5 Å². The van der Waals surface area contributed by atoms with Crippen molar-refractivity contribution in [2.75, 3.05) is 18.5 Å². The zero-order valence-electron chi connectivity index (χ0n) is 18.0. The fourth-order valence-corrected chi connectivity index (χ4v) is 4.08. The van der Waals surface area contributed by atoms with Crippen LogP contribution in [0, 0.1) is 5.82 Å². The molecule has 0 amide bonds. The summed E-state index contributed by atoms with van der Waals surface area (Å²) in [6, 6.07) is 5.20.